The van der Waals surface area contributed by atoms with Gasteiger partial charge in [0.15, 0.2) is 0 Å². The van der Waals surface area contributed by atoms with E-state index in [-0.39, 0.29) is 6.42 Å². The van der Waals surface area contributed by atoms with Crippen LogP contribution in [0.4, 0.5) is 8.78 Å². The van der Waals surface area contributed by atoms with Crippen LogP contribution in [-0.2, 0) is 22.4 Å². The molecule has 0 saturated heterocycles. The average molecular weight is 349 g/mol. The fourth-order valence-electron chi connectivity index (χ4n) is 2.40. The van der Waals surface area contributed by atoms with Gasteiger partial charge in [-0.3, -0.25) is 4.79 Å². The summed E-state index contributed by atoms with van der Waals surface area (Å²) in [5, 5.41) is 11.6. The van der Waals surface area contributed by atoms with Crippen molar-refractivity contribution in [1.82, 2.24) is 5.32 Å². The van der Waals surface area contributed by atoms with Gasteiger partial charge in [0.25, 0.3) is 0 Å². The van der Waals surface area contributed by atoms with Crippen LogP contribution < -0.4 is 10.1 Å². The summed E-state index contributed by atoms with van der Waals surface area (Å²) in [4.78, 5) is 23.5. The predicted molar refractivity (Wildman–Crippen MR) is 86.3 cm³/mol. The molecule has 132 valence electrons. The number of nitrogens with one attached hydrogen (secondary N) is 1. The zero-order valence-corrected chi connectivity index (χ0v) is 13.5. The van der Waals surface area contributed by atoms with Crippen molar-refractivity contribution in [1.29, 1.82) is 0 Å². The number of hydrogen-bond donors (Lipinski definition) is 2. The van der Waals surface area contributed by atoms with E-state index in [4.69, 9.17) is 4.74 Å². The van der Waals surface area contributed by atoms with Gasteiger partial charge < -0.3 is 15.2 Å². The molecule has 2 rings (SSSR count). The Bertz CT molecular complexity index is 759. The van der Waals surface area contributed by atoms with E-state index in [2.05, 4.69) is 5.32 Å². The van der Waals surface area contributed by atoms with Crippen LogP contribution in [-0.4, -0.2) is 30.1 Å². The number of para-hydroxylation sites is 1. The third kappa shape index (κ3) is 4.76. The van der Waals surface area contributed by atoms with Gasteiger partial charge in [0.05, 0.1) is 13.5 Å². The summed E-state index contributed by atoms with van der Waals surface area (Å²) >= 11 is 0. The van der Waals surface area contributed by atoms with Crippen molar-refractivity contribution in [3.63, 3.8) is 0 Å². The molecule has 1 amide bonds. The number of halogens is 2. The summed E-state index contributed by atoms with van der Waals surface area (Å²) in [6.45, 7) is 0. The summed E-state index contributed by atoms with van der Waals surface area (Å²) in [5.41, 5.74) is 0.191. The second-order valence-electron chi connectivity index (χ2n) is 5.35. The molecule has 7 heteroatoms. The van der Waals surface area contributed by atoms with Crippen molar-refractivity contribution >= 4 is 11.9 Å². The SMILES string of the molecule is COc1ccccc1C[C@H](NC(=O)Cc1c(F)cccc1F)C(=O)O. The van der Waals surface area contributed by atoms with Gasteiger partial charge in [0, 0.05) is 12.0 Å². The maximum atomic E-state index is 13.6. The van der Waals surface area contributed by atoms with Crippen LogP contribution >= 0.6 is 0 Å². The van der Waals surface area contributed by atoms with E-state index in [0.717, 1.165) is 12.1 Å². The predicted octanol–water partition coefficient (Wildman–Crippen LogP) is 2.33. The standard InChI is InChI=1S/C18H17F2NO4/c1-25-16-8-3-2-5-11(16)9-15(18(23)24)21-17(22)10-12-13(19)6-4-7-14(12)20/h2-8,15H,9-10H2,1H3,(H,21,22)(H,23,24)/t15-/m0/s1. The first-order chi connectivity index (χ1) is 11.9. The number of benzene rings is 2. The molecule has 0 heterocycles. The van der Waals surface area contributed by atoms with Crippen molar-refractivity contribution in [3.05, 3.63) is 65.2 Å². The van der Waals surface area contributed by atoms with Crippen LogP contribution in [0.25, 0.3) is 0 Å². The highest BCUT2D eigenvalue weighted by atomic mass is 19.1. The van der Waals surface area contributed by atoms with E-state index in [0.29, 0.717) is 11.3 Å². The third-order valence-electron chi connectivity index (χ3n) is 3.65. The van der Waals surface area contributed by atoms with Crippen molar-refractivity contribution in [3.8, 4) is 5.75 Å². The molecule has 0 radical (unpaired) electrons. The summed E-state index contributed by atoms with van der Waals surface area (Å²) in [6.07, 6.45) is -0.612. The number of carboxylic acids is 1. The van der Waals surface area contributed by atoms with Crippen molar-refractivity contribution in [2.45, 2.75) is 18.9 Å². The zero-order valence-electron chi connectivity index (χ0n) is 13.5. The molecule has 2 aromatic rings. The van der Waals surface area contributed by atoms with Crippen molar-refractivity contribution in [2.24, 2.45) is 0 Å². The quantitative estimate of drug-likeness (QED) is 0.804. The first kappa shape index (κ1) is 18.4. The van der Waals surface area contributed by atoms with Gasteiger partial charge in [-0.2, -0.15) is 0 Å². The summed E-state index contributed by atoms with van der Waals surface area (Å²) in [5.74, 6) is -3.26. The number of carbonyl (C=O) groups excluding carboxylic acids is 1. The fraction of sp³-hybridized carbons (Fsp3) is 0.222. The lowest BCUT2D eigenvalue weighted by molar-refractivity contribution is -0.141. The number of methoxy groups -OCH3 is 1. The molecule has 0 fully saturated rings. The van der Waals surface area contributed by atoms with Gasteiger partial charge in [-0.25, -0.2) is 13.6 Å². The van der Waals surface area contributed by atoms with Crippen LogP contribution in [0.5, 0.6) is 5.75 Å². The molecule has 0 aromatic heterocycles. The van der Waals surface area contributed by atoms with Crippen LogP contribution in [0.1, 0.15) is 11.1 Å². The van der Waals surface area contributed by atoms with Gasteiger partial charge >= 0.3 is 5.97 Å². The molecule has 2 aromatic carbocycles. The largest absolute Gasteiger partial charge is 0.496 e. The topological polar surface area (TPSA) is 75.6 Å². The molecule has 25 heavy (non-hydrogen) atoms. The molecule has 0 aliphatic rings. The lowest BCUT2D eigenvalue weighted by Gasteiger charge is -2.16. The Balaban J connectivity index is 2.11. The number of carbonyl (C=O) groups is 2. The third-order valence-corrected chi connectivity index (χ3v) is 3.65. The normalized spacial score (nSPS) is 11.6. The molecule has 5 nitrogen and oxygen atoms in total. The highest BCUT2D eigenvalue weighted by molar-refractivity contribution is 5.85. The van der Waals surface area contributed by atoms with E-state index in [1.54, 1.807) is 24.3 Å². The maximum Gasteiger partial charge on any atom is 0.326 e. The Kier molecular flexibility index (Phi) is 6.05. The number of rotatable bonds is 7. The van der Waals surface area contributed by atoms with Crippen LogP contribution in [0.2, 0.25) is 0 Å². The second kappa shape index (κ2) is 8.23. The van der Waals surface area contributed by atoms with Gasteiger partial charge in [0.2, 0.25) is 5.91 Å². The lowest BCUT2D eigenvalue weighted by Crippen LogP contribution is -2.43. The molecular weight excluding hydrogens is 332 g/mol. The molecule has 0 spiro atoms. The van der Waals surface area contributed by atoms with E-state index in [1.165, 1.54) is 13.2 Å². The van der Waals surface area contributed by atoms with E-state index >= 15 is 0 Å². The maximum absolute atomic E-state index is 13.6. The first-order valence-corrected chi connectivity index (χ1v) is 7.49. The van der Waals surface area contributed by atoms with Gasteiger partial charge in [0.1, 0.15) is 23.4 Å². The molecule has 1 atom stereocenters. The van der Waals surface area contributed by atoms with E-state index in [9.17, 15) is 23.5 Å². The average Bonchev–Trinajstić information content (AvgIpc) is 2.58. The minimum atomic E-state index is -1.26. The van der Waals surface area contributed by atoms with Crippen LogP contribution in [0.3, 0.4) is 0 Å². The molecule has 0 saturated carbocycles. The molecular formula is C18H17F2NO4. The molecule has 2 N–H and O–H groups in total. The lowest BCUT2D eigenvalue weighted by atomic mass is 10.0. The fourth-order valence-corrected chi connectivity index (χ4v) is 2.40. The Labute approximate surface area is 143 Å². The number of carboxylic acid groups (broad SMARTS) is 1. The molecule has 0 aliphatic heterocycles. The zero-order chi connectivity index (χ0) is 18.4. The van der Waals surface area contributed by atoms with Crippen LogP contribution in [0, 0.1) is 11.6 Å². The Morgan fingerprint density at radius 3 is 2.36 bits per heavy atom. The minimum absolute atomic E-state index is 0.0230. The molecule has 0 aliphatic carbocycles. The monoisotopic (exact) mass is 349 g/mol. The number of amides is 1. The van der Waals surface area contributed by atoms with E-state index in [1.807, 2.05) is 0 Å². The summed E-state index contributed by atoms with van der Waals surface area (Å²) in [6, 6.07) is 8.81. The Morgan fingerprint density at radius 1 is 1.12 bits per heavy atom. The minimum Gasteiger partial charge on any atom is -0.496 e. The Hall–Kier alpha value is -2.96. The molecule has 0 bridgehead atoms. The molecule has 0 unspecified atom stereocenters. The number of ether oxygens (including phenoxy) is 1. The van der Waals surface area contributed by atoms with Crippen molar-refractivity contribution in [2.75, 3.05) is 7.11 Å². The van der Waals surface area contributed by atoms with E-state index < -0.39 is 41.5 Å². The Morgan fingerprint density at radius 2 is 1.76 bits per heavy atom. The summed E-state index contributed by atoms with van der Waals surface area (Å²) < 4.78 is 32.4. The number of aliphatic carboxylic acids is 1. The highest BCUT2D eigenvalue weighted by Gasteiger charge is 2.23. The summed E-state index contributed by atoms with van der Waals surface area (Å²) in [7, 11) is 1.45. The van der Waals surface area contributed by atoms with Crippen molar-refractivity contribution < 1.29 is 28.2 Å². The second-order valence-corrected chi connectivity index (χ2v) is 5.35. The smallest absolute Gasteiger partial charge is 0.326 e. The number of hydrogen-bond acceptors (Lipinski definition) is 3. The van der Waals surface area contributed by atoms with Gasteiger partial charge in [-0.1, -0.05) is 24.3 Å². The van der Waals surface area contributed by atoms with Gasteiger partial charge in [-0.05, 0) is 23.8 Å². The van der Waals surface area contributed by atoms with Gasteiger partial charge in [-0.15, -0.1) is 0 Å². The van der Waals surface area contributed by atoms with Crippen LogP contribution in [0.15, 0.2) is 42.5 Å². The first-order valence-electron chi connectivity index (χ1n) is 7.49. The highest BCUT2D eigenvalue weighted by Crippen LogP contribution is 2.19.